The number of likely N-dealkylation sites (tertiary alicyclic amines) is 1. The van der Waals surface area contributed by atoms with E-state index in [1.54, 1.807) is 30.3 Å². The molecule has 0 atom stereocenters. The average molecular weight is 527 g/mol. The van der Waals surface area contributed by atoms with E-state index in [0.29, 0.717) is 30.0 Å². The maximum Gasteiger partial charge on any atom is 0.416 e. The summed E-state index contributed by atoms with van der Waals surface area (Å²) in [5.41, 5.74) is 0.743. The van der Waals surface area contributed by atoms with Gasteiger partial charge in [-0.2, -0.15) is 13.2 Å². The molecule has 38 heavy (non-hydrogen) atoms. The van der Waals surface area contributed by atoms with Crippen LogP contribution < -0.4 is 15.4 Å². The SMILES string of the molecule is CNC(=O)c1cc(Oc2cccc(CCNC(=O)c3cc(CN4CCCC4)cc(C(F)(F)F)c3)c2)ccn1. The summed E-state index contributed by atoms with van der Waals surface area (Å²) < 4.78 is 46.3. The number of amides is 2. The molecule has 1 saturated heterocycles. The lowest BCUT2D eigenvalue weighted by Gasteiger charge is -2.17. The average Bonchev–Trinajstić information content (AvgIpc) is 3.41. The highest BCUT2D eigenvalue weighted by atomic mass is 19.4. The zero-order valence-electron chi connectivity index (χ0n) is 21.0. The molecular formula is C28H29F3N4O3. The Bertz CT molecular complexity index is 1290. The molecule has 7 nitrogen and oxygen atoms in total. The van der Waals surface area contributed by atoms with Gasteiger partial charge in [-0.25, -0.2) is 0 Å². The molecule has 2 N–H and O–H groups in total. The molecule has 0 spiro atoms. The monoisotopic (exact) mass is 526 g/mol. The van der Waals surface area contributed by atoms with Gasteiger partial charge in [0.15, 0.2) is 0 Å². The van der Waals surface area contributed by atoms with E-state index in [0.717, 1.165) is 43.6 Å². The van der Waals surface area contributed by atoms with E-state index >= 15 is 0 Å². The van der Waals surface area contributed by atoms with Crippen LogP contribution in [0.4, 0.5) is 13.2 Å². The first-order valence-electron chi connectivity index (χ1n) is 12.4. The van der Waals surface area contributed by atoms with Gasteiger partial charge in [-0.15, -0.1) is 0 Å². The molecule has 1 fully saturated rings. The number of alkyl halides is 3. The van der Waals surface area contributed by atoms with Crippen molar-refractivity contribution in [3.05, 3.63) is 88.7 Å². The Morgan fingerprint density at radius 2 is 1.74 bits per heavy atom. The molecule has 200 valence electrons. The third kappa shape index (κ3) is 7.32. The summed E-state index contributed by atoms with van der Waals surface area (Å²) in [6.45, 7) is 2.31. The highest BCUT2D eigenvalue weighted by Crippen LogP contribution is 2.31. The number of halogens is 3. The molecular weight excluding hydrogens is 497 g/mol. The molecule has 3 aromatic rings. The van der Waals surface area contributed by atoms with Crippen molar-refractivity contribution >= 4 is 11.8 Å². The smallest absolute Gasteiger partial charge is 0.416 e. The molecule has 0 saturated carbocycles. The number of nitrogens with one attached hydrogen (secondary N) is 2. The highest BCUT2D eigenvalue weighted by Gasteiger charge is 2.32. The largest absolute Gasteiger partial charge is 0.457 e. The van der Waals surface area contributed by atoms with Crippen LogP contribution in [0.25, 0.3) is 0 Å². The third-order valence-corrected chi connectivity index (χ3v) is 6.21. The summed E-state index contributed by atoms with van der Waals surface area (Å²) in [5.74, 6) is 0.0965. The van der Waals surface area contributed by atoms with Crippen molar-refractivity contribution in [3.8, 4) is 11.5 Å². The molecule has 0 radical (unpaired) electrons. The minimum absolute atomic E-state index is 0.00397. The van der Waals surface area contributed by atoms with Crippen molar-refractivity contribution in [2.45, 2.75) is 32.0 Å². The zero-order valence-corrected chi connectivity index (χ0v) is 21.0. The molecule has 2 amide bonds. The van der Waals surface area contributed by atoms with E-state index in [2.05, 4.69) is 20.5 Å². The van der Waals surface area contributed by atoms with Crippen LogP contribution in [-0.2, 0) is 19.1 Å². The molecule has 0 unspecified atom stereocenters. The summed E-state index contributed by atoms with van der Waals surface area (Å²) in [7, 11) is 1.51. The quantitative estimate of drug-likeness (QED) is 0.418. The Morgan fingerprint density at radius 3 is 2.47 bits per heavy atom. The normalized spacial score (nSPS) is 13.8. The fraction of sp³-hybridized carbons (Fsp3) is 0.321. The third-order valence-electron chi connectivity index (χ3n) is 6.21. The van der Waals surface area contributed by atoms with Gasteiger partial charge in [0.05, 0.1) is 5.56 Å². The van der Waals surface area contributed by atoms with Crippen molar-refractivity contribution in [2.75, 3.05) is 26.7 Å². The van der Waals surface area contributed by atoms with E-state index in [9.17, 15) is 22.8 Å². The van der Waals surface area contributed by atoms with Crippen LogP contribution in [0.1, 0.15) is 50.4 Å². The second kappa shape index (κ2) is 12.1. The van der Waals surface area contributed by atoms with Gasteiger partial charge in [0.2, 0.25) is 0 Å². The Morgan fingerprint density at radius 1 is 0.974 bits per heavy atom. The van der Waals surface area contributed by atoms with Crippen LogP contribution in [-0.4, -0.2) is 48.4 Å². The molecule has 1 aromatic heterocycles. The van der Waals surface area contributed by atoms with Crippen LogP contribution >= 0.6 is 0 Å². The standard InChI is InChI=1S/C28H29F3N4O3/c1-32-27(37)25-17-24(8-10-33-25)38-23-6-4-5-19(15-23)7-9-34-26(36)21-13-20(18-35-11-2-3-12-35)14-22(16-21)28(29,30)31/h4-6,8,10,13-17H,2-3,7,9,11-12,18H2,1H3,(H,32,37)(H,34,36). The molecule has 10 heteroatoms. The number of rotatable bonds is 9. The maximum atomic E-state index is 13.5. The van der Waals surface area contributed by atoms with Gasteiger partial charge in [-0.05, 0) is 79.9 Å². The molecule has 2 heterocycles. The predicted octanol–water partition coefficient (Wildman–Crippen LogP) is 4.82. The fourth-order valence-electron chi connectivity index (χ4n) is 4.33. The summed E-state index contributed by atoms with van der Waals surface area (Å²) in [6, 6.07) is 13.9. The summed E-state index contributed by atoms with van der Waals surface area (Å²) in [6.07, 6.45) is -0.561. The Kier molecular flexibility index (Phi) is 8.62. The zero-order chi connectivity index (χ0) is 27.1. The van der Waals surface area contributed by atoms with E-state index in [1.807, 2.05) is 6.07 Å². The first-order chi connectivity index (χ1) is 18.2. The van der Waals surface area contributed by atoms with E-state index in [4.69, 9.17) is 4.74 Å². The van der Waals surface area contributed by atoms with Crippen molar-refractivity contribution in [2.24, 2.45) is 0 Å². The van der Waals surface area contributed by atoms with Gasteiger partial charge in [-0.1, -0.05) is 12.1 Å². The van der Waals surface area contributed by atoms with Gasteiger partial charge in [-0.3, -0.25) is 19.5 Å². The first kappa shape index (κ1) is 27.1. The second-order valence-electron chi connectivity index (χ2n) is 9.11. The van der Waals surface area contributed by atoms with Crippen molar-refractivity contribution in [1.29, 1.82) is 0 Å². The minimum atomic E-state index is -4.54. The van der Waals surface area contributed by atoms with E-state index in [-0.39, 0.29) is 23.7 Å². The first-order valence-corrected chi connectivity index (χ1v) is 12.4. The predicted molar refractivity (Wildman–Crippen MR) is 136 cm³/mol. The molecule has 2 aromatic carbocycles. The summed E-state index contributed by atoms with van der Waals surface area (Å²) in [4.78, 5) is 30.7. The molecule has 4 rings (SSSR count). The lowest BCUT2D eigenvalue weighted by Crippen LogP contribution is -2.26. The lowest BCUT2D eigenvalue weighted by molar-refractivity contribution is -0.137. The summed E-state index contributed by atoms with van der Waals surface area (Å²) >= 11 is 0. The fourth-order valence-corrected chi connectivity index (χ4v) is 4.33. The molecule has 0 bridgehead atoms. The number of carbonyl (C=O) groups is 2. The van der Waals surface area contributed by atoms with E-state index < -0.39 is 17.6 Å². The van der Waals surface area contributed by atoms with Crippen molar-refractivity contribution in [3.63, 3.8) is 0 Å². The number of carbonyl (C=O) groups excluding carboxylic acids is 2. The van der Waals surface area contributed by atoms with E-state index in [1.165, 1.54) is 19.3 Å². The summed E-state index contributed by atoms with van der Waals surface area (Å²) in [5, 5.41) is 5.23. The topological polar surface area (TPSA) is 83.6 Å². The molecule has 1 aliphatic rings. The van der Waals surface area contributed by atoms with Gasteiger partial charge >= 0.3 is 6.18 Å². The van der Waals surface area contributed by atoms with Crippen molar-refractivity contribution < 1.29 is 27.5 Å². The van der Waals surface area contributed by atoms with Crippen molar-refractivity contribution in [1.82, 2.24) is 20.5 Å². The van der Waals surface area contributed by atoms with Crippen LogP contribution in [0.5, 0.6) is 11.5 Å². The number of ether oxygens (including phenoxy) is 1. The highest BCUT2D eigenvalue weighted by molar-refractivity contribution is 5.94. The number of hydrogen-bond donors (Lipinski definition) is 2. The Balaban J connectivity index is 1.38. The van der Waals surface area contributed by atoms with Gasteiger partial charge in [0.25, 0.3) is 11.8 Å². The van der Waals surface area contributed by atoms with Crippen LogP contribution in [0.15, 0.2) is 60.8 Å². The van der Waals surface area contributed by atoms with Crippen LogP contribution in [0.3, 0.4) is 0 Å². The van der Waals surface area contributed by atoms with Gasteiger partial charge in [0.1, 0.15) is 17.2 Å². The number of benzene rings is 2. The number of hydrogen-bond acceptors (Lipinski definition) is 5. The van der Waals surface area contributed by atoms with Crippen LogP contribution in [0, 0.1) is 0 Å². The Hall–Kier alpha value is -3.92. The van der Waals surface area contributed by atoms with Crippen LogP contribution in [0.2, 0.25) is 0 Å². The maximum absolute atomic E-state index is 13.5. The van der Waals surface area contributed by atoms with Gasteiger partial charge in [0, 0.05) is 38.0 Å². The molecule has 0 aliphatic carbocycles. The number of nitrogens with zero attached hydrogens (tertiary/aromatic N) is 2. The second-order valence-corrected chi connectivity index (χ2v) is 9.11. The number of pyridine rings is 1. The van der Waals surface area contributed by atoms with Gasteiger partial charge < -0.3 is 15.4 Å². The Labute approximate surface area is 219 Å². The lowest BCUT2D eigenvalue weighted by atomic mass is 10.0. The minimum Gasteiger partial charge on any atom is -0.457 e. The number of aromatic nitrogens is 1. The molecule has 1 aliphatic heterocycles.